The van der Waals surface area contributed by atoms with Crippen LogP contribution in [0.25, 0.3) is 0 Å². The number of nitrogens with one attached hydrogen (secondary N) is 2. The Morgan fingerprint density at radius 2 is 1.81 bits per heavy atom. The summed E-state index contributed by atoms with van der Waals surface area (Å²) in [6.45, 7) is 6.93. The second-order valence-electron chi connectivity index (χ2n) is 6.94. The molecule has 6 heteroatoms. The van der Waals surface area contributed by atoms with E-state index in [-0.39, 0.29) is 17.7 Å². The van der Waals surface area contributed by atoms with Crippen LogP contribution in [0, 0.1) is 0 Å². The van der Waals surface area contributed by atoms with Gasteiger partial charge in [0.05, 0.1) is 31.9 Å². The predicted molar refractivity (Wildman–Crippen MR) is 109 cm³/mol. The molecule has 0 saturated carbocycles. The lowest BCUT2D eigenvalue weighted by molar-refractivity contribution is -0.914. The van der Waals surface area contributed by atoms with Crippen LogP contribution in [0.2, 0.25) is 5.02 Å². The van der Waals surface area contributed by atoms with Crippen molar-refractivity contribution in [2.24, 2.45) is 0 Å². The number of Topliss-reactive ketones (excluding diaryl/α,β-unsaturated/α-hetero) is 1. The molecule has 0 radical (unpaired) electrons. The molecule has 0 bridgehead atoms. The number of ketones is 1. The van der Waals surface area contributed by atoms with E-state index in [1.165, 1.54) is 11.8 Å². The maximum absolute atomic E-state index is 12.7. The number of para-hydroxylation sites is 1. The van der Waals surface area contributed by atoms with Gasteiger partial charge in [0.15, 0.2) is 11.8 Å². The van der Waals surface area contributed by atoms with Crippen molar-refractivity contribution < 1.29 is 14.5 Å². The number of quaternary nitrogens is 1. The molecule has 0 aliphatic carbocycles. The fraction of sp³-hybridized carbons (Fsp3) is 0.333. The lowest BCUT2D eigenvalue weighted by atomic mass is 10.1. The Morgan fingerprint density at radius 1 is 1.11 bits per heavy atom. The smallest absolute Gasteiger partial charge is 0.282 e. The number of halogens is 1. The minimum atomic E-state index is -0.188. The summed E-state index contributed by atoms with van der Waals surface area (Å²) < 4.78 is 0. The molecular weight excluding hydrogens is 362 g/mol. The summed E-state index contributed by atoms with van der Waals surface area (Å²) in [7, 11) is 0. The molecule has 0 unspecified atom stereocenters. The first kappa shape index (κ1) is 19.4. The Morgan fingerprint density at radius 3 is 2.48 bits per heavy atom. The van der Waals surface area contributed by atoms with Crippen molar-refractivity contribution in [1.29, 1.82) is 0 Å². The first-order valence-electron chi connectivity index (χ1n) is 9.21. The molecule has 2 aromatic carbocycles. The standard InChI is InChI=1S/C21H24ClN3O2/c1-15(21(27)23-20-9-4-3-8-19(20)16(2)26)24-10-12-25(13-11-24)18-7-5-6-17(22)14-18/h3-9,14-15H,10-13H2,1-2H3,(H,23,27)/p+1/t15-/m0/s1. The molecule has 3 rings (SSSR count). The highest BCUT2D eigenvalue weighted by Crippen LogP contribution is 2.19. The quantitative estimate of drug-likeness (QED) is 0.775. The van der Waals surface area contributed by atoms with Gasteiger partial charge in [-0.1, -0.05) is 29.8 Å². The maximum atomic E-state index is 12.7. The highest BCUT2D eigenvalue weighted by Gasteiger charge is 2.29. The average molecular weight is 387 g/mol. The van der Waals surface area contributed by atoms with Gasteiger partial charge in [-0.25, -0.2) is 0 Å². The number of hydrogen-bond donors (Lipinski definition) is 2. The van der Waals surface area contributed by atoms with Crippen LogP contribution in [-0.2, 0) is 4.79 Å². The van der Waals surface area contributed by atoms with E-state index >= 15 is 0 Å². The van der Waals surface area contributed by atoms with Crippen LogP contribution in [0.15, 0.2) is 48.5 Å². The zero-order valence-corrected chi connectivity index (χ0v) is 16.4. The number of amides is 1. The van der Waals surface area contributed by atoms with Gasteiger partial charge in [0.2, 0.25) is 0 Å². The van der Waals surface area contributed by atoms with Crippen LogP contribution in [0.4, 0.5) is 11.4 Å². The van der Waals surface area contributed by atoms with Gasteiger partial charge in [0.1, 0.15) is 0 Å². The van der Waals surface area contributed by atoms with E-state index in [4.69, 9.17) is 11.6 Å². The Kier molecular flexibility index (Phi) is 6.14. The first-order chi connectivity index (χ1) is 13.0. The molecule has 142 valence electrons. The van der Waals surface area contributed by atoms with Crippen molar-refractivity contribution in [3.05, 3.63) is 59.1 Å². The molecule has 2 N–H and O–H groups in total. The number of hydrogen-bond acceptors (Lipinski definition) is 3. The van der Waals surface area contributed by atoms with Crippen LogP contribution in [0.1, 0.15) is 24.2 Å². The Bertz CT molecular complexity index is 832. The molecule has 5 nitrogen and oxygen atoms in total. The topological polar surface area (TPSA) is 53.9 Å². The number of benzene rings is 2. The van der Waals surface area contributed by atoms with Crippen molar-refractivity contribution in [1.82, 2.24) is 0 Å². The number of carbonyl (C=O) groups is 2. The van der Waals surface area contributed by atoms with E-state index in [1.54, 1.807) is 18.2 Å². The zero-order valence-electron chi connectivity index (χ0n) is 15.7. The monoisotopic (exact) mass is 386 g/mol. The van der Waals surface area contributed by atoms with Crippen molar-refractivity contribution in [2.75, 3.05) is 36.4 Å². The van der Waals surface area contributed by atoms with Crippen LogP contribution < -0.4 is 15.1 Å². The van der Waals surface area contributed by atoms with Crippen molar-refractivity contribution in [3.8, 4) is 0 Å². The summed E-state index contributed by atoms with van der Waals surface area (Å²) in [5, 5.41) is 3.66. The van der Waals surface area contributed by atoms with Crippen LogP contribution in [-0.4, -0.2) is 43.9 Å². The van der Waals surface area contributed by atoms with Gasteiger partial charge in [-0.05, 0) is 44.2 Å². The minimum Gasteiger partial charge on any atom is -0.360 e. The molecule has 0 aromatic heterocycles. The maximum Gasteiger partial charge on any atom is 0.282 e. The second kappa shape index (κ2) is 8.55. The SMILES string of the molecule is CC(=O)c1ccccc1NC(=O)[C@H](C)[NH+]1CCN(c2cccc(Cl)c2)CC1. The molecule has 1 saturated heterocycles. The molecule has 27 heavy (non-hydrogen) atoms. The fourth-order valence-electron chi connectivity index (χ4n) is 3.48. The van der Waals surface area contributed by atoms with Gasteiger partial charge in [-0.3, -0.25) is 9.59 Å². The summed E-state index contributed by atoms with van der Waals surface area (Å²) in [5.41, 5.74) is 2.24. The molecule has 2 aromatic rings. The first-order valence-corrected chi connectivity index (χ1v) is 9.59. The summed E-state index contributed by atoms with van der Waals surface area (Å²) in [6.07, 6.45) is 0. The van der Waals surface area contributed by atoms with Gasteiger partial charge >= 0.3 is 0 Å². The van der Waals surface area contributed by atoms with Gasteiger partial charge in [-0.15, -0.1) is 0 Å². The van der Waals surface area contributed by atoms with Crippen LogP contribution >= 0.6 is 11.6 Å². The third kappa shape index (κ3) is 4.67. The number of piperazine rings is 1. The van der Waals surface area contributed by atoms with E-state index in [9.17, 15) is 9.59 Å². The number of anilines is 2. The van der Waals surface area contributed by atoms with Crippen molar-refractivity contribution >= 4 is 34.7 Å². The van der Waals surface area contributed by atoms with E-state index in [2.05, 4.69) is 16.3 Å². The van der Waals surface area contributed by atoms with Crippen molar-refractivity contribution in [2.45, 2.75) is 19.9 Å². The van der Waals surface area contributed by atoms with E-state index in [0.717, 1.165) is 36.9 Å². The molecule has 1 amide bonds. The molecule has 0 spiro atoms. The third-order valence-corrected chi connectivity index (χ3v) is 5.38. The summed E-state index contributed by atoms with van der Waals surface area (Å²) in [6, 6.07) is 14.8. The lowest BCUT2D eigenvalue weighted by Crippen LogP contribution is -3.19. The van der Waals surface area contributed by atoms with E-state index in [0.29, 0.717) is 11.3 Å². The molecule has 1 heterocycles. The summed E-state index contributed by atoms with van der Waals surface area (Å²) in [5.74, 6) is -0.115. The van der Waals surface area contributed by atoms with Crippen LogP contribution in [0.3, 0.4) is 0 Å². The van der Waals surface area contributed by atoms with Crippen molar-refractivity contribution in [3.63, 3.8) is 0 Å². The highest BCUT2D eigenvalue weighted by molar-refractivity contribution is 6.30. The number of rotatable bonds is 5. The highest BCUT2D eigenvalue weighted by atomic mass is 35.5. The van der Waals surface area contributed by atoms with E-state index < -0.39 is 0 Å². The average Bonchev–Trinajstić information content (AvgIpc) is 2.67. The fourth-order valence-corrected chi connectivity index (χ4v) is 3.67. The van der Waals surface area contributed by atoms with Gasteiger partial charge in [-0.2, -0.15) is 0 Å². The van der Waals surface area contributed by atoms with Crippen LogP contribution in [0.5, 0.6) is 0 Å². The third-order valence-electron chi connectivity index (χ3n) is 5.15. The van der Waals surface area contributed by atoms with Gasteiger partial charge < -0.3 is 15.1 Å². The molecule has 1 aliphatic rings. The number of carbonyl (C=O) groups excluding carboxylic acids is 2. The Labute approximate surface area is 164 Å². The Balaban J connectivity index is 1.60. The molecule has 1 atom stereocenters. The molecule has 1 aliphatic heterocycles. The normalized spacial score (nSPS) is 16.0. The Hall–Kier alpha value is -2.37. The number of nitrogens with zero attached hydrogens (tertiary/aromatic N) is 1. The largest absolute Gasteiger partial charge is 0.360 e. The predicted octanol–water partition coefficient (Wildman–Crippen LogP) is 2.27. The van der Waals surface area contributed by atoms with Gasteiger partial charge in [0, 0.05) is 16.3 Å². The molecule has 1 fully saturated rings. The summed E-state index contributed by atoms with van der Waals surface area (Å²) in [4.78, 5) is 28.0. The zero-order chi connectivity index (χ0) is 19.4. The lowest BCUT2D eigenvalue weighted by Gasteiger charge is -2.36. The minimum absolute atomic E-state index is 0.0546. The van der Waals surface area contributed by atoms with Gasteiger partial charge in [0.25, 0.3) is 5.91 Å². The van der Waals surface area contributed by atoms with E-state index in [1.807, 2.05) is 31.2 Å². The molecular formula is C21H25ClN3O2+. The second-order valence-corrected chi connectivity index (χ2v) is 7.37. The summed E-state index contributed by atoms with van der Waals surface area (Å²) >= 11 is 6.09.